The minimum atomic E-state index is -0.106. The number of halogens is 3. The van der Waals surface area contributed by atoms with Crippen molar-refractivity contribution in [2.45, 2.75) is 0 Å². The minimum absolute atomic E-state index is 0.106. The summed E-state index contributed by atoms with van der Waals surface area (Å²) >= 11 is 16.0. The van der Waals surface area contributed by atoms with E-state index < -0.39 is 0 Å². The van der Waals surface area contributed by atoms with Crippen LogP contribution in [0.1, 0.15) is 0 Å². The smallest absolute Gasteiger partial charge is 0.242 e. The predicted octanol–water partition coefficient (Wildman–Crippen LogP) is 6.21. The third-order valence-electron chi connectivity index (χ3n) is 3.52. The second kappa shape index (κ2) is 6.91. The molecule has 0 saturated heterocycles. The third kappa shape index (κ3) is 3.09. The van der Waals surface area contributed by atoms with Crippen molar-refractivity contribution in [3.63, 3.8) is 0 Å². The van der Waals surface area contributed by atoms with E-state index in [1.807, 2.05) is 54.6 Å². The molecule has 0 unspecified atom stereocenters. The molecule has 0 atom stereocenters. The van der Waals surface area contributed by atoms with E-state index in [1.165, 1.54) is 0 Å². The lowest BCUT2D eigenvalue weighted by molar-refractivity contribution is -0.115. The Morgan fingerprint density at radius 1 is 0.913 bits per heavy atom. The first-order chi connectivity index (χ1) is 11.1. The quantitative estimate of drug-likeness (QED) is 0.472. The molecule has 0 aliphatic carbocycles. The first kappa shape index (κ1) is 16.3. The number of amides is 1. The van der Waals surface area contributed by atoms with E-state index in [9.17, 15) is 4.79 Å². The molecule has 0 fully saturated rings. The van der Waals surface area contributed by atoms with Gasteiger partial charge in [-0.05, 0) is 18.2 Å². The molecule has 0 bridgehead atoms. The van der Waals surface area contributed by atoms with Crippen LogP contribution in [0.25, 0.3) is 10.8 Å². The molecule has 116 valence electrons. The lowest BCUT2D eigenvalue weighted by Gasteiger charge is -2.25. The molecule has 0 aliphatic rings. The van der Waals surface area contributed by atoms with E-state index in [2.05, 4.69) is 15.9 Å². The number of alkyl halides is 1. The summed E-state index contributed by atoms with van der Waals surface area (Å²) in [6.07, 6.45) is 0. The van der Waals surface area contributed by atoms with Gasteiger partial charge in [-0.15, -0.1) is 0 Å². The Kier molecular flexibility index (Phi) is 4.90. The monoisotopic (exact) mass is 407 g/mol. The van der Waals surface area contributed by atoms with Crippen LogP contribution < -0.4 is 4.90 Å². The zero-order chi connectivity index (χ0) is 16.4. The van der Waals surface area contributed by atoms with Crippen LogP contribution in [0.2, 0.25) is 10.0 Å². The number of hydrogen-bond acceptors (Lipinski definition) is 1. The van der Waals surface area contributed by atoms with E-state index in [4.69, 9.17) is 23.2 Å². The van der Waals surface area contributed by atoms with E-state index in [1.54, 1.807) is 11.0 Å². The van der Waals surface area contributed by atoms with Crippen molar-refractivity contribution in [1.29, 1.82) is 0 Å². The van der Waals surface area contributed by atoms with Gasteiger partial charge in [0, 0.05) is 16.5 Å². The number of para-hydroxylation sites is 1. The van der Waals surface area contributed by atoms with Gasteiger partial charge in [0.1, 0.15) is 0 Å². The van der Waals surface area contributed by atoms with Gasteiger partial charge in [0.2, 0.25) is 5.91 Å². The van der Waals surface area contributed by atoms with Crippen LogP contribution in [0.4, 0.5) is 11.4 Å². The number of hydrogen-bond donors (Lipinski definition) is 0. The summed E-state index contributed by atoms with van der Waals surface area (Å²) in [5, 5.41) is 2.88. The normalized spacial score (nSPS) is 10.7. The first-order valence-electron chi connectivity index (χ1n) is 6.94. The number of rotatable bonds is 3. The second-order valence-corrected chi connectivity index (χ2v) is 6.31. The number of anilines is 2. The highest BCUT2D eigenvalue weighted by atomic mass is 79.9. The Bertz CT molecular complexity index is 868. The molecular formula is C18H12BrCl2NO. The van der Waals surface area contributed by atoms with Gasteiger partial charge < -0.3 is 0 Å². The summed E-state index contributed by atoms with van der Waals surface area (Å²) in [7, 11) is 0. The zero-order valence-electron chi connectivity index (χ0n) is 12.0. The lowest BCUT2D eigenvalue weighted by atomic mass is 10.1. The Morgan fingerprint density at radius 3 is 2.17 bits per heavy atom. The second-order valence-electron chi connectivity index (χ2n) is 4.93. The van der Waals surface area contributed by atoms with Gasteiger partial charge in [-0.25, -0.2) is 0 Å². The van der Waals surface area contributed by atoms with Crippen LogP contribution in [0.15, 0.2) is 60.7 Å². The zero-order valence-corrected chi connectivity index (χ0v) is 15.1. The van der Waals surface area contributed by atoms with Crippen molar-refractivity contribution in [3.8, 4) is 0 Å². The number of nitrogens with zero attached hydrogens (tertiary/aromatic N) is 1. The highest BCUT2D eigenvalue weighted by molar-refractivity contribution is 9.09. The molecule has 23 heavy (non-hydrogen) atoms. The summed E-state index contributed by atoms with van der Waals surface area (Å²) in [6.45, 7) is 0. The summed E-state index contributed by atoms with van der Waals surface area (Å²) in [6, 6.07) is 18.7. The van der Waals surface area contributed by atoms with Gasteiger partial charge in [-0.3, -0.25) is 9.69 Å². The number of carbonyl (C=O) groups is 1. The van der Waals surface area contributed by atoms with Crippen LogP contribution in [0.3, 0.4) is 0 Å². The summed E-state index contributed by atoms with van der Waals surface area (Å²) < 4.78 is 0. The molecule has 5 heteroatoms. The standard InChI is InChI=1S/C18H12BrCl2NO/c19-11-17(23)22(12-6-2-1-3-7-12)18-14-9-5-4-8-13(14)15(20)10-16(18)21/h1-10H,11H2. The fourth-order valence-electron chi connectivity index (χ4n) is 2.55. The maximum atomic E-state index is 12.6. The van der Waals surface area contributed by atoms with Crippen LogP contribution in [-0.2, 0) is 4.79 Å². The van der Waals surface area contributed by atoms with E-state index in [0.717, 1.165) is 16.5 Å². The third-order valence-corrected chi connectivity index (χ3v) is 4.60. The average molecular weight is 409 g/mol. The highest BCUT2D eigenvalue weighted by Crippen LogP contribution is 2.41. The van der Waals surface area contributed by atoms with Crippen molar-refractivity contribution in [3.05, 3.63) is 70.7 Å². The topological polar surface area (TPSA) is 20.3 Å². The van der Waals surface area contributed by atoms with Gasteiger partial charge in [0.05, 0.1) is 21.1 Å². The molecule has 0 aliphatic heterocycles. The molecule has 0 aromatic heterocycles. The van der Waals surface area contributed by atoms with Crippen molar-refractivity contribution >= 4 is 67.2 Å². The molecule has 2 nitrogen and oxygen atoms in total. The van der Waals surface area contributed by atoms with Gasteiger partial charge >= 0.3 is 0 Å². The highest BCUT2D eigenvalue weighted by Gasteiger charge is 2.22. The van der Waals surface area contributed by atoms with Crippen LogP contribution in [0.5, 0.6) is 0 Å². The number of fused-ring (bicyclic) bond motifs is 1. The Hall–Kier alpha value is -1.55. The van der Waals surface area contributed by atoms with Crippen LogP contribution in [-0.4, -0.2) is 11.2 Å². The van der Waals surface area contributed by atoms with E-state index >= 15 is 0 Å². The maximum absolute atomic E-state index is 12.6. The van der Waals surface area contributed by atoms with Crippen molar-refractivity contribution < 1.29 is 4.79 Å². The lowest BCUT2D eigenvalue weighted by Crippen LogP contribution is -2.27. The molecule has 1 amide bonds. The van der Waals surface area contributed by atoms with Crippen LogP contribution in [0, 0.1) is 0 Å². The van der Waals surface area contributed by atoms with Crippen molar-refractivity contribution in [1.82, 2.24) is 0 Å². The van der Waals surface area contributed by atoms with Gasteiger partial charge in [-0.1, -0.05) is 81.6 Å². The molecule has 0 spiro atoms. The molecule has 3 aromatic carbocycles. The summed E-state index contributed by atoms with van der Waals surface area (Å²) in [5.41, 5.74) is 1.40. The summed E-state index contributed by atoms with van der Waals surface area (Å²) in [4.78, 5) is 14.2. The molecule has 3 rings (SSSR count). The molecular weight excluding hydrogens is 397 g/mol. The van der Waals surface area contributed by atoms with Gasteiger partial charge in [0.15, 0.2) is 0 Å². The maximum Gasteiger partial charge on any atom is 0.242 e. The molecule has 0 heterocycles. The molecule has 0 saturated carbocycles. The molecule has 3 aromatic rings. The van der Waals surface area contributed by atoms with Gasteiger partial charge in [-0.2, -0.15) is 0 Å². The predicted molar refractivity (Wildman–Crippen MR) is 101 cm³/mol. The van der Waals surface area contributed by atoms with Gasteiger partial charge in [0.25, 0.3) is 0 Å². The summed E-state index contributed by atoms with van der Waals surface area (Å²) in [5.74, 6) is -0.106. The molecule has 0 N–H and O–H groups in total. The Balaban J connectivity index is 2.33. The molecule has 0 radical (unpaired) electrons. The van der Waals surface area contributed by atoms with Crippen molar-refractivity contribution in [2.75, 3.05) is 10.2 Å². The number of carbonyl (C=O) groups excluding carboxylic acids is 1. The SMILES string of the molecule is O=C(CBr)N(c1ccccc1)c1c(Cl)cc(Cl)c2ccccc12. The first-order valence-corrected chi connectivity index (χ1v) is 8.82. The fourth-order valence-corrected chi connectivity index (χ4v) is 3.42. The minimum Gasteiger partial charge on any atom is -0.278 e. The van der Waals surface area contributed by atoms with E-state index in [0.29, 0.717) is 15.7 Å². The van der Waals surface area contributed by atoms with Crippen molar-refractivity contribution in [2.24, 2.45) is 0 Å². The fraction of sp³-hybridized carbons (Fsp3) is 0.0556. The largest absolute Gasteiger partial charge is 0.278 e. The average Bonchev–Trinajstić information content (AvgIpc) is 2.58. The van der Waals surface area contributed by atoms with E-state index in [-0.39, 0.29) is 11.2 Å². The Morgan fingerprint density at radius 2 is 1.52 bits per heavy atom. The Labute approximate surface area is 152 Å². The van der Waals surface area contributed by atoms with Crippen LogP contribution >= 0.6 is 39.1 Å². The number of benzene rings is 3.